The fourth-order valence-electron chi connectivity index (χ4n) is 3.11. The van der Waals surface area contributed by atoms with Crippen LogP contribution in [0.5, 0.6) is 0 Å². The van der Waals surface area contributed by atoms with Crippen molar-refractivity contribution in [3.05, 3.63) is 41.0 Å². The Bertz CT molecular complexity index is 1060. The van der Waals surface area contributed by atoms with Gasteiger partial charge < -0.3 is 4.90 Å². The second kappa shape index (κ2) is 6.49. The Labute approximate surface area is 155 Å². The van der Waals surface area contributed by atoms with Gasteiger partial charge in [-0.05, 0) is 41.0 Å². The van der Waals surface area contributed by atoms with Crippen molar-refractivity contribution in [3.63, 3.8) is 0 Å². The zero-order valence-electron chi connectivity index (χ0n) is 14.0. The minimum Gasteiger partial charge on any atom is -0.354 e. The first kappa shape index (κ1) is 17.2. The van der Waals surface area contributed by atoms with Gasteiger partial charge in [0, 0.05) is 32.4 Å². The molecule has 3 aromatic rings. The van der Waals surface area contributed by atoms with Gasteiger partial charge in [-0.2, -0.15) is 4.31 Å². The molecule has 3 heterocycles. The summed E-state index contributed by atoms with van der Waals surface area (Å²) < 4.78 is 32.2. The number of aromatic nitrogens is 3. The van der Waals surface area contributed by atoms with Crippen molar-refractivity contribution < 1.29 is 13.0 Å². The third kappa shape index (κ3) is 2.81. The van der Waals surface area contributed by atoms with Gasteiger partial charge >= 0.3 is 0 Å². The molecule has 2 aromatic heterocycles. The maximum absolute atomic E-state index is 13.1. The highest BCUT2D eigenvalue weighted by Gasteiger charge is 2.32. The maximum Gasteiger partial charge on any atom is 0.245 e. The third-order valence-corrected chi connectivity index (χ3v) is 6.70. The molecule has 1 aliphatic heterocycles. The lowest BCUT2D eigenvalue weighted by atomic mass is 10.2. The first-order valence-electron chi connectivity index (χ1n) is 8.06. The van der Waals surface area contributed by atoms with Gasteiger partial charge in [0.15, 0.2) is 11.0 Å². The van der Waals surface area contributed by atoms with Gasteiger partial charge in [0.25, 0.3) is 0 Å². The summed E-state index contributed by atoms with van der Waals surface area (Å²) in [5.41, 5.74) is 1.47. The molecule has 0 spiro atoms. The number of fused-ring (bicyclic) bond motifs is 1. The Kier molecular flexibility index (Phi) is 4.29. The smallest absolute Gasteiger partial charge is 0.245 e. The number of aryl methyl sites for hydroxylation is 1. The highest BCUT2D eigenvalue weighted by molar-refractivity contribution is 7.89. The van der Waals surface area contributed by atoms with Gasteiger partial charge in [-0.15, -0.1) is 0 Å². The number of nitrogens with zero attached hydrogens (tertiary/aromatic N) is 5. The average Bonchev–Trinajstić information content (AvgIpc) is 3.13. The summed E-state index contributed by atoms with van der Waals surface area (Å²) in [6.07, 6.45) is 1.74. The van der Waals surface area contributed by atoms with Gasteiger partial charge in [-0.1, -0.05) is 17.7 Å². The number of anilines is 1. The van der Waals surface area contributed by atoms with Crippen LogP contribution >= 0.6 is 11.6 Å². The summed E-state index contributed by atoms with van der Waals surface area (Å²) in [5.74, 6) is 0.888. The van der Waals surface area contributed by atoms with Crippen molar-refractivity contribution >= 4 is 38.5 Å². The largest absolute Gasteiger partial charge is 0.354 e. The van der Waals surface area contributed by atoms with E-state index in [0.717, 1.165) is 11.4 Å². The predicted octanol–water partition coefficient (Wildman–Crippen LogP) is 2.09. The molecule has 0 bridgehead atoms. The Morgan fingerprint density at radius 3 is 2.54 bits per heavy atom. The van der Waals surface area contributed by atoms with E-state index >= 15 is 0 Å². The van der Waals surface area contributed by atoms with E-state index in [2.05, 4.69) is 24.8 Å². The van der Waals surface area contributed by atoms with Crippen molar-refractivity contribution in [2.24, 2.45) is 0 Å². The Morgan fingerprint density at radius 1 is 1.08 bits per heavy atom. The first-order chi connectivity index (χ1) is 12.5. The molecule has 0 amide bonds. The van der Waals surface area contributed by atoms with Gasteiger partial charge in [0.2, 0.25) is 10.0 Å². The number of pyridine rings is 1. The summed E-state index contributed by atoms with van der Waals surface area (Å²) in [6, 6.07) is 6.82. The highest BCUT2D eigenvalue weighted by atomic mass is 35.5. The van der Waals surface area contributed by atoms with Crippen LogP contribution in [0.25, 0.3) is 11.0 Å². The topological polar surface area (TPSA) is 92.4 Å². The highest BCUT2D eigenvalue weighted by Crippen LogP contribution is 2.29. The molecule has 4 rings (SSSR count). The van der Waals surface area contributed by atoms with Crippen molar-refractivity contribution in [3.8, 4) is 0 Å². The quantitative estimate of drug-likeness (QED) is 0.672. The van der Waals surface area contributed by atoms with Crippen molar-refractivity contribution in [2.45, 2.75) is 11.8 Å². The van der Waals surface area contributed by atoms with Crippen molar-refractivity contribution in [2.75, 3.05) is 31.1 Å². The molecular formula is C16H16ClN5O3S. The number of sulfonamides is 1. The van der Waals surface area contributed by atoms with Crippen LogP contribution in [0.15, 0.2) is 40.0 Å². The van der Waals surface area contributed by atoms with Crippen molar-refractivity contribution in [1.29, 1.82) is 0 Å². The molecule has 26 heavy (non-hydrogen) atoms. The minimum atomic E-state index is -3.73. The van der Waals surface area contributed by atoms with E-state index in [0.29, 0.717) is 31.2 Å². The molecule has 0 radical (unpaired) electrons. The minimum absolute atomic E-state index is 0.0561. The van der Waals surface area contributed by atoms with Crippen LogP contribution < -0.4 is 4.90 Å². The number of benzene rings is 1. The van der Waals surface area contributed by atoms with E-state index in [1.807, 2.05) is 19.1 Å². The number of hydrogen-bond acceptors (Lipinski definition) is 7. The summed E-state index contributed by atoms with van der Waals surface area (Å²) in [7, 11) is -3.73. The molecule has 136 valence electrons. The van der Waals surface area contributed by atoms with E-state index in [1.165, 1.54) is 16.4 Å². The van der Waals surface area contributed by atoms with Crippen LogP contribution in [0, 0.1) is 6.92 Å². The van der Waals surface area contributed by atoms with Crippen LogP contribution in [0.2, 0.25) is 5.02 Å². The lowest BCUT2D eigenvalue weighted by Gasteiger charge is -2.35. The number of hydrogen-bond donors (Lipinski definition) is 0. The Balaban J connectivity index is 1.60. The summed E-state index contributed by atoms with van der Waals surface area (Å²) >= 11 is 6.02. The first-order valence-corrected chi connectivity index (χ1v) is 9.88. The molecule has 0 N–H and O–H groups in total. The molecule has 0 unspecified atom stereocenters. The second-order valence-electron chi connectivity index (χ2n) is 6.04. The summed E-state index contributed by atoms with van der Waals surface area (Å²) in [4.78, 5) is 6.55. The van der Waals surface area contributed by atoms with Crippen LogP contribution in [0.1, 0.15) is 5.56 Å². The molecule has 0 aliphatic carbocycles. The monoisotopic (exact) mass is 393 g/mol. The van der Waals surface area contributed by atoms with Gasteiger partial charge in [0.1, 0.15) is 10.7 Å². The molecule has 0 atom stereocenters. The van der Waals surface area contributed by atoms with Crippen molar-refractivity contribution in [1.82, 2.24) is 19.6 Å². The van der Waals surface area contributed by atoms with Crippen LogP contribution in [-0.4, -0.2) is 54.2 Å². The van der Waals surface area contributed by atoms with E-state index in [9.17, 15) is 8.42 Å². The van der Waals surface area contributed by atoms with Crippen LogP contribution in [-0.2, 0) is 10.0 Å². The Hall–Kier alpha value is -2.23. The number of rotatable bonds is 3. The molecular weight excluding hydrogens is 378 g/mol. The molecule has 1 aliphatic rings. The zero-order chi connectivity index (χ0) is 18.3. The maximum atomic E-state index is 13.1. The SMILES string of the molecule is Cc1cccnc1N1CCN(S(=O)(=O)c2ccc(Cl)c3nonc23)CC1. The summed E-state index contributed by atoms with van der Waals surface area (Å²) in [6.45, 7) is 3.82. The molecule has 10 heteroatoms. The van der Waals surface area contributed by atoms with E-state index in [-0.39, 0.29) is 15.9 Å². The van der Waals surface area contributed by atoms with Gasteiger partial charge in [-0.3, -0.25) is 0 Å². The molecule has 1 fully saturated rings. The van der Waals surface area contributed by atoms with Gasteiger partial charge in [0.05, 0.1) is 5.02 Å². The number of piperazine rings is 1. The molecule has 1 saturated heterocycles. The fraction of sp³-hybridized carbons (Fsp3) is 0.312. The van der Waals surface area contributed by atoms with Crippen LogP contribution in [0.3, 0.4) is 0 Å². The zero-order valence-corrected chi connectivity index (χ0v) is 15.5. The average molecular weight is 394 g/mol. The van der Waals surface area contributed by atoms with E-state index in [1.54, 1.807) is 6.20 Å². The fourth-order valence-corrected chi connectivity index (χ4v) is 4.84. The standard InChI is InChI=1S/C16H16ClN5O3S/c1-11-3-2-6-18-16(11)21-7-9-22(10-8-21)26(23,24)13-5-4-12(17)14-15(13)20-25-19-14/h2-6H,7-10H2,1H3. The third-order valence-electron chi connectivity index (χ3n) is 4.47. The predicted molar refractivity (Wildman–Crippen MR) is 96.8 cm³/mol. The van der Waals surface area contributed by atoms with E-state index < -0.39 is 10.0 Å². The second-order valence-corrected chi connectivity index (χ2v) is 8.36. The van der Waals surface area contributed by atoms with E-state index in [4.69, 9.17) is 11.6 Å². The van der Waals surface area contributed by atoms with Crippen LogP contribution in [0.4, 0.5) is 5.82 Å². The Morgan fingerprint density at radius 2 is 1.81 bits per heavy atom. The molecule has 8 nitrogen and oxygen atoms in total. The molecule has 1 aromatic carbocycles. The van der Waals surface area contributed by atoms with Gasteiger partial charge in [-0.25, -0.2) is 18.0 Å². The lowest BCUT2D eigenvalue weighted by molar-refractivity contribution is 0.315. The summed E-state index contributed by atoms with van der Waals surface area (Å²) in [5, 5.41) is 7.70. The normalized spacial score (nSPS) is 16.3. The molecule has 0 saturated carbocycles. The lowest BCUT2D eigenvalue weighted by Crippen LogP contribution is -2.49. The number of halogens is 1.